The van der Waals surface area contributed by atoms with Gasteiger partial charge in [-0.2, -0.15) is 12.1 Å². The molecule has 0 saturated carbocycles. The van der Waals surface area contributed by atoms with E-state index in [1.807, 2.05) is 0 Å². The third-order valence-electron chi connectivity index (χ3n) is 7.17. The molecule has 0 aliphatic rings. The summed E-state index contributed by atoms with van der Waals surface area (Å²) in [7, 11) is 2.97. The van der Waals surface area contributed by atoms with Gasteiger partial charge in [-0.05, 0) is 35.1 Å². The molecule has 0 fully saturated rings. The number of hydrogen-bond donors (Lipinski definition) is 0. The van der Waals surface area contributed by atoms with Gasteiger partial charge in [-0.25, -0.2) is 0 Å². The van der Waals surface area contributed by atoms with E-state index in [2.05, 4.69) is 138 Å². The Bertz CT molecular complexity index is 1610. The fourth-order valence-electron chi connectivity index (χ4n) is 5.22. The predicted molar refractivity (Wildman–Crippen MR) is 173 cm³/mol. The summed E-state index contributed by atoms with van der Waals surface area (Å²) in [5.41, 5.74) is 7.00. The van der Waals surface area contributed by atoms with Gasteiger partial charge in [0, 0.05) is 0 Å². The molecule has 0 heterocycles. The Kier molecular flexibility index (Phi) is 12.6. The van der Waals surface area contributed by atoms with Gasteiger partial charge in [0.25, 0.3) is 0 Å². The van der Waals surface area contributed by atoms with Gasteiger partial charge in [0.1, 0.15) is 0 Å². The van der Waals surface area contributed by atoms with E-state index in [1.165, 1.54) is 60.1 Å². The van der Waals surface area contributed by atoms with Crippen molar-refractivity contribution in [2.24, 2.45) is 0 Å². The van der Waals surface area contributed by atoms with E-state index in [1.54, 1.807) is 19.2 Å². The molecule has 200 valence electrons. The summed E-state index contributed by atoms with van der Waals surface area (Å²) in [5.74, 6) is 0.616. The van der Waals surface area contributed by atoms with E-state index >= 15 is 0 Å². The zero-order valence-corrected chi connectivity index (χ0v) is 26.9. The Morgan fingerprint density at radius 1 is 0.615 bits per heavy atom. The molecular weight excluding hydrogens is 520 g/mol. The minimum absolute atomic E-state index is 0. The summed E-state index contributed by atoms with van der Waals surface area (Å²) < 4.78 is 0. The van der Waals surface area contributed by atoms with Crippen molar-refractivity contribution in [1.29, 1.82) is 0 Å². The fourth-order valence-corrected chi connectivity index (χ4v) is 5.22. The van der Waals surface area contributed by atoms with Gasteiger partial charge < -0.3 is 14.9 Å². The summed E-state index contributed by atoms with van der Waals surface area (Å²) in [5, 5.41) is 8.18. The van der Waals surface area contributed by atoms with Crippen LogP contribution in [0.15, 0.2) is 103 Å². The molecule has 0 aromatic heterocycles. The molecule has 6 aromatic rings. The van der Waals surface area contributed by atoms with Crippen LogP contribution in [-0.2, 0) is 32.0 Å². The van der Waals surface area contributed by atoms with E-state index in [0.29, 0.717) is 5.92 Å². The normalized spacial score (nSPS) is 10.3. The first-order valence-corrected chi connectivity index (χ1v) is 16.0. The van der Waals surface area contributed by atoms with Crippen molar-refractivity contribution in [3.8, 4) is 11.1 Å². The molecule has 0 spiro atoms. The summed E-state index contributed by atoms with van der Waals surface area (Å²) >= 11 is 1.81. The summed E-state index contributed by atoms with van der Waals surface area (Å²) in [6.45, 7) is 8.94. The van der Waals surface area contributed by atoms with Crippen molar-refractivity contribution in [3.05, 3.63) is 135 Å². The van der Waals surface area contributed by atoms with E-state index in [-0.39, 0.29) is 14.9 Å². The molecule has 0 nitrogen and oxygen atoms in total. The number of rotatable bonds is 4. The number of aryl methyl sites for hydroxylation is 2. The van der Waals surface area contributed by atoms with Gasteiger partial charge >= 0.3 is 26.8 Å². The maximum atomic E-state index is 2.97. The molecule has 2 heteroatoms. The van der Waals surface area contributed by atoms with Gasteiger partial charge in [-0.1, -0.05) is 93.4 Å². The van der Waals surface area contributed by atoms with Crippen LogP contribution in [0, 0.1) is 14.9 Å². The molecule has 6 aromatic carbocycles. The van der Waals surface area contributed by atoms with Gasteiger partial charge in [0.2, 0.25) is 0 Å². The van der Waals surface area contributed by atoms with Crippen molar-refractivity contribution in [2.75, 3.05) is 0 Å². The molecule has 0 aliphatic heterocycles. The fraction of sp³-hybridized carbons (Fsp3) is 0.189. The van der Waals surface area contributed by atoms with Crippen LogP contribution in [0.25, 0.3) is 43.4 Å². The van der Waals surface area contributed by atoms with E-state index in [4.69, 9.17) is 0 Å². The van der Waals surface area contributed by atoms with Gasteiger partial charge in [-0.3, -0.25) is 0 Å². The van der Waals surface area contributed by atoms with Crippen LogP contribution >= 0.6 is 0 Å². The SMILES string of the molecule is CCc1cc2c(-c3cccc4ccccc34)cccc2[cH-]1.CCc1cc2c(C(C)C)cccc2[cH-]1.[CH3-].[CH3-].[Si]=[Ti]. The van der Waals surface area contributed by atoms with Crippen LogP contribution in [-0.4, -0.2) is 7.63 Å². The van der Waals surface area contributed by atoms with Crippen LogP contribution in [0.1, 0.15) is 50.3 Å². The molecule has 0 bridgehead atoms. The first kappa shape index (κ1) is 32.5. The Morgan fingerprint density at radius 2 is 1.10 bits per heavy atom. The number of fused-ring (bicyclic) bond motifs is 3. The third kappa shape index (κ3) is 7.09. The van der Waals surface area contributed by atoms with Crippen molar-refractivity contribution in [3.63, 3.8) is 0 Å². The molecule has 2 radical (unpaired) electrons. The topological polar surface area (TPSA) is 0 Å². The van der Waals surface area contributed by atoms with Gasteiger partial charge in [-0.15, -0.1) is 69.1 Å². The van der Waals surface area contributed by atoms with Crippen molar-refractivity contribution in [2.45, 2.75) is 46.5 Å². The first-order valence-electron chi connectivity index (χ1n) is 13.2. The first-order chi connectivity index (χ1) is 18.1. The number of benzene rings is 4. The molecule has 0 unspecified atom stereocenters. The molecule has 0 aliphatic carbocycles. The predicted octanol–water partition coefficient (Wildman–Crippen LogP) is 10.7. The zero-order chi connectivity index (χ0) is 26.4. The van der Waals surface area contributed by atoms with E-state index < -0.39 is 0 Å². The Hall–Kier alpha value is -2.71. The van der Waals surface area contributed by atoms with Crippen LogP contribution in [0.5, 0.6) is 0 Å². The average molecular weight is 561 g/mol. The maximum absolute atomic E-state index is 2.97. The Morgan fingerprint density at radius 3 is 1.72 bits per heavy atom. The van der Waals surface area contributed by atoms with E-state index in [0.717, 1.165) is 12.8 Å². The molecule has 39 heavy (non-hydrogen) atoms. The molecular formula is C37H40SiTi-4. The van der Waals surface area contributed by atoms with Gasteiger partial charge in [0.15, 0.2) is 0 Å². The molecule has 0 saturated heterocycles. The minimum atomic E-state index is 0. The average Bonchev–Trinajstić information content (AvgIpc) is 3.58. The summed E-state index contributed by atoms with van der Waals surface area (Å²) in [6.07, 6.45) is 2.22. The summed E-state index contributed by atoms with van der Waals surface area (Å²) in [4.78, 5) is 0. The Labute approximate surface area is 250 Å². The van der Waals surface area contributed by atoms with Crippen molar-refractivity contribution in [1.82, 2.24) is 0 Å². The standard InChI is InChI=1S/C21H17.C14H17.2CH3.Si.Ti/c1-2-15-13-17-9-6-12-20(21(17)14-15)19-11-5-8-16-7-3-4-10-18(16)19;1-4-11-8-12-6-5-7-13(10(2)3)14(12)9-11;;;;/h3-14H,2H2,1H3;5-10H,4H2,1-3H3;2*1H3;;/q4*-1;;. The summed E-state index contributed by atoms with van der Waals surface area (Å²) in [6, 6.07) is 37.7. The third-order valence-corrected chi connectivity index (χ3v) is 7.17. The quantitative estimate of drug-likeness (QED) is 0.149. The molecule has 6 rings (SSSR count). The molecule has 0 amide bonds. The second kappa shape index (κ2) is 15.2. The second-order valence-electron chi connectivity index (χ2n) is 9.77. The van der Waals surface area contributed by atoms with Crippen LogP contribution in [0.3, 0.4) is 0 Å². The zero-order valence-electron chi connectivity index (χ0n) is 24.3. The monoisotopic (exact) mass is 560 g/mol. The molecule has 0 atom stereocenters. The second-order valence-corrected chi connectivity index (χ2v) is 9.77. The van der Waals surface area contributed by atoms with Gasteiger partial charge in [0.05, 0.1) is 0 Å². The Balaban J connectivity index is 0.000000261. The van der Waals surface area contributed by atoms with Crippen molar-refractivity contribution >= 4 is 39.9 Å². The number of hydrogen-bond acceptors (Lipinski definition) is 0. The van der Waals surface area contributed by atoms with E-state index in [9.17, 15) is 0 Å². The van der Waals surface area contributed by atoms with Crippen molar-refractivity contribution < 1.29 is 19.2 Å². The van der Waals surface area contributed by atoms with Crippen LogP contribution < -0.4 is 0 Å². The van der Waals surface area contributed by atoms with Crippen LogP contribution in [0.4, 0.5) is 0 Å². The van der Waals surface area contributed by atoms with Crippen LogP contribution in [0.2, 0.25) is 0 Å². The molecule has 0 N–H and O–H groups in total.